The summed E-state index contributed by atoms with van der Waals surface area (Å²) in [4.78, 5) is 31.2. The van der Waals surface area contributed by atoms with E-state index in [1.165, 1.54) is 14.0 Å². The number of hydrogen-bond donors (Lipinski definition) is 2. The van der Waals surface area contributed by atoms with Crippen LogP contribution in [0.5, 0.6) is 0 Å². The minimum absolute atomic E-state index is 0.00844. The number of aromatic amines is 2. The van der Waals surface area contributed by atoms with Crippen LogP contribution in [0.2, 0.25) is 0 Å². The van der Waals surface area contributed by atoms with Crippen LogP contribution < -0.4 is 11.2 Å². The maximum atomic E-state index is 13.1. The molecule has 2 aromatic heterocycles. The van der Waals surface area contributed by atoms with Gasteiger partial charge in [-0.25, -0.2) is 13.2 Å². The Morgan fingerprint density at radius 2 is 2.12 bits per heavy atom. The van der Waals surface area contributed by atoms with Crippen LogP contribution in [0.1, 0.15) is 23.5 Å². The molecule has 1 aliphatic rings. The molecule has 142 valence electrons. The van der Waals surface area contributed by atoms with Crippen LogP contribution in [0.15, 0.2) is 19.0 Å². The molecule has 26 heavy (non-hydrogen) atoms. The number of nitrogens with zero attached hydrogens (tertiary/aromatic N) is 3. The number of ether oxygens (including phenoxy) is 2. The highest BCUT2D eigenvalue weighted by molar-refractivity contribution is 7.89. The highest BCUT2D eigenvalue weighted by Gasteiger charge is 2.40. The molecule has 0 spiro atoms. The first-order valence-corrected chi connectivity index (χ1v) is 9.03. The molecule has 13 heteroatoms. The van der Waals surface area contributed by atoms with E-state index in [0.29, 0.717) is 0 Å². The van der Waals surface area contributed by atoms with E-state index in [-0.39, 0.29) is 43.8 Å². The Kier molecular flexibility index (Phi) is 5.04. The van der Waals surface area contributed by atoms with E-state index < -0.39 is 32.2 Å². The normalized spacial score (nSPS) is 18.9. The van der Waals surface area contributed by atoms with Crippen molar-refractivity contribution in [3.8, 4) is 0 Å². The van der Waals surface area contributed by atoms with Crippen molar-refractivity contribution in [2.24, 2.45) is 0 Å². The van der Waals surface area contributed by atoms with Gasteiger partial charge in [0.25, 0.3) is 21.5 Å². The molecule has 3 heterocycles. The van der Waals surface area contributed by atoms with Gasteiger partial charge < -0.3 is 19.0 Å². The first-order valence-electron chi connectivity index (χ1n) is 7.58. The molecule has 2 aromatic rings. The minimum Gasteiger partial charge on any atom is -0.378 e. The van der Waals surface area contributed by atoms with Crippen molar-refractivity contribution in [3.63, 3.8) is 0 Å². The van der Waals surface area contributed by atoms with Gasteiger partial charge in [0.1, 0.15) is 12.6 Å². The Morgan fingerprint density at radius 1 is 1.35 bits per heavy atom. The predicted molar refractivity (Wildman–Crippen MR) is 84.9 cm³/mol. The SMILES string of the molecule is COCc1nc(C2COCCN2S(=O)(=O)c2c(C)[nH]c(=O)[nH]c2=O)no1. The summed E-state index contributed by atoms with van der Waals surface area (Å²) in [5, 5.41) is 3.78. The zero-order valence-corrected chi connectivity index (χ0v) is 14.8. The maximum absolute atomic E-state index is 13.1. The number of methoxy groups -OCH3 is 1. The molecule has 1 saturated heterocycles. The zero-order chi connectivity index (χ0) is 18.9. The lowest BCUT2D eigenvalue weighted by Gasteiger charge is -2.32. The predicted octanol–water partition coefficient (Wildman–Crippen LogP) is -1.34. The molecule has 1 aliphatic heterocycles. The van der Waals surface area contributed by atoms with Crippen LogP contribution in [0.3, 0.4) is 0 Å². The van der Waals surface area contributed by atoms with Crippen molar-refractivity contribution in [3.05, 3.63) is 38.2 Å². The molecule has 0 radical (unpaired) electrons. The van der Waals surface area contributed by atoms with E-state index >= 15 is 0 Å². The molecular formula is C13H17N5O7S. The van der Waals surface area contributed by atoms with E-state index in [9.17, 15) is 18.0 Å². The van der Waals surface area contributed by atoms with Crippen molar-refractivity contribution in [1.82, 2.24) is 24.4 Å². The van der Waals surface area contributed by atoms with Gasteiger partial charge in [0.05, 0.1) is 13.2 Å². The molecule has 2 N–H and O–H groups in total. The molecule has 0 amide bonds. The van der Waals surface area contributed by atoms with Gasteiger partial charge in [-0.15, -0.1) is 0 Å². The van der Waals surface area contributed by atoms with Crippen LogP contribution >= 0.6 is 0 Å². The first-order chi connectivity index (χ1) is 12.3. The fourth-order valence-corrected chi connectivity index (χ4v) is 4.44. The fourth-order valence-electron chi connectivity index (χ4n) is 2.68. The Hall–Kier alpha value is -2.35. The highest BCUT2D eigenvalue weighted by atomic mass is 32.2. The lowest BCUT2D eigenvalue weighted by atomic mass is 10.2. The minimum atomic E-state index is -4.25. The summed E-state index contributed by atoms with van der Waals surface area (Å²) in [6, 6.07) is -0.881. The van der Waals surface area contributed by atoms with Crippen LogP contribution in [-0.2, 0) is 26.1 Å². The van der Waals surface area contributed by atoms with E-state index in [0.717, 1.165) is 4.31 Å². The summed E-state index contributed by atoms with van der Waals surface area (Å²) in [6.45, 7) is 1.53. The second-order valence-corrected chi connectivity index (χ2v) is 7.38. The molecular weight excluding hydrogens is 370 g/mol. The molecule has 1 unspecified atom stereocenters. The van der Waals surface area contributed by atoms with Gasteiger partial charge >= 0.3 is 5.69 Å². The molecule has 0 bridgehead atoms. The lowest BCUT2D eigenvalue weighted by molar-refractivity contribution is 0.0281. The van der Waals surface area contributed by atoms with Crippen LogP contribution in [0, 0.1) is 6.92 Å². The van der Waals surface area contributed by atoms with Gasteiger partial charge in [-0.2, -0.15) is 9.29 Å². The summed E-state index contributed by atoms with van der Waals surface area (Å²) in [5.74, 6) is 0.280. The Morgan fingerprint density at radius 3 is 2.81 bits per heavy atom. The third kappa shape index (κ3) is 3.33. The van der Waals surface area contributed by atoms with Crippen molar-refractivity contribution >= 4 is 10.0 Å². The average molecular weight is 387 g/mol. The number of hydrogen-bond acceptors (Lipinski definition) is 9. The summed E-state index contributed by atoms with van der Waals surface area (Å²) in [7, 11) is -2.80. The molecule has 0 aromatic carbocycles. The van der Waals surface area contributed by atoms with Gasteiger partial charge in [0, 0.05) is 19.3 Å². The number of rotatable bonds is 5. The average Bonchev–Trinajstić information content (AvgIpc) is 3.02. The van der Waals surface area contributed by atoms with Crippen LogP contribution in [0.4, 0.5) is 0 Å². The van der Waals surface area contributed by atoms with E-state index in [2.05, 4.69) is 15.1 Å². The quantitative estimate of drug-likeness (QED) is 0.633. The van der Waals surface area contributed by atoms with Crippen molar-refractivity contribution in [2.75, 3.05) is 26.9 Å². The Bertz CT molecular complexity index is 1010. The standard InChI is InChI=1S/C13H17N5O7S/c1-7-10(12(19)16-13(20)14-7)26(21,22)18-3-4-24-5-8(18)11-15-9(6-23-2)25-17-11/h8H,3-6H2,1-2H3,(H2,14,16,19,20). The van der Waals surface area contributed by atoms with Crippen molar-refractivity contribution in [2.45, 2.75) is 24.5 Å². The van der Waals surface area contributed by atoms with Crippen LogP contribution in [-0.4, -0.2) is 59.7 Å². The van der Waals surface area contributed by atoms with Gasteiger partial charge in [-0.1, -0.05) is 5.16 Å². The van der Waals surface area contributed by atoms with Gasteiger partial charge in [0.2, 0.25) is 0 Å². The highest BCUT2D eigenvalue weighted by Crippen LogP contribution is 2.28. The van der Waals surface area contributed by atoms with Crippen molar-refractivity contribution < 1.29 is 22.4 Å². The number of morpholine rings is 1. The Labute approximate surface area is 147 Å². The molecule has 1 fully saturated rings. The Balaban J connectivity index is 2.04. The topological polar surface area (TPSA) is 160 Å². The fraction of sp³-hybridized carbons (Fsp3) is 0.538. The van der Waals surface area contributed by atoms with Crippen molar-refractivity contribution in [1.29, 1.82) is 0 Å². The third-order valence-corrected chi connectivity index (χ3v) is 5.83. The zero-order valence-electron chi connectivity index (χ0n) is 14.0. The second kappa shape index (κ2) is 7.11. The summed E-state index contributed by atoms with van der Waals surface area (Å²) >= 11 is 0. The van der Waals surface area contributed by atoms with E-state index in [1.807, 2.05) is 4.98 Å². The van der Waals surface area contributed by atoms with E-state index in [1.54, 1.807) is 0 Å². The number of nitrogens with one attached hydrogen (secondary N) is 2. The smallest absolute Gasteiger partial charge is 0.325 e. The molecule has 3 rings (SSSR count). The molecule has 0 saturated carbocycles. The monoisotopic (exact) mass is 387 g/mol. The first kappa shape index (κ1) is 18.4. The van der Waals surface area contributed by atoms with Gasteiger partial charge in [-0.05, 0) is 6.92 Å². The number of H-pyrrole nitrogens is 2. The van der Waals surface area contributed by atoms with E-state index in [4.69, 9.17) is 14.0 Å². The van der Waals surface area contributed by atoms with Gasteiger partial charge in [0.15, 0.2) is 10.7 Å². The molecule has 12 nitrogen and oxygen atoms in total. The number of sulfonamides is 1. The number of aromatic nitrogens is 4. The third-order valence-electron chi connectivity index (χ3n) is 3.77. The second-order valence-electron chi connectivity index (χ2n) is 5.55. The summed E-state index contributed by atoms with van der Waals surface area (Å²) in [6.07, 6.45) is 0. The lowest BCUT2D eigenvalue weighted by Crippen LogP contribution is -2.46. The van der Waals surface area contributed by atoms with Crippen LogP contribution in [0.25, 0.3) is 0 Å². The summed E-state index contributed by atoms with van der Waals surface area (Å²) < 4.78 is 42.5. The largest absolute Gasteiger partial charge is 0.378 e. The maximum Gasteiger partial charge on any atom is 0.325 e. The molecule has 1 atom stereocenters. The summed E-state index contributed by atoms with van der Waals surface area (Å²) in [5.41, 5.74) is -1.84. The molecule has 0 aliphatic carbocycles. The van der Waals surface area contributed by atoms with Gasteiger partial charge in [-0.3, -0.25) is 9.78 Å². The number of aryl methyl sites for hydroxylation is 1.